The second-order valence-corrected chi connectivity index (χ2v) is 7.56. The average Bonchev–Trinajstić information content (AvgIpc) is 2.45. The van der Waals surface area contributed by atoms with Crippen molar-refractivity contribution in [3.05, 3.63) is 39.4 Å². The molecule has 1 fully saturated rings. The Morgan fingerprint density at radius 2 is 1.75 bits per heavy atom. The summed E-state index contributed by atoms with van der Waals surface area (Å²) in [6.45, 7) is 1.25. The van der Waals surface area contributed by atoms with Crippen LogP contribution in [0.15, 0.2) is 18.2 Å². The molecule has 0 N–H and O–H groups in total. The van der Waals surface area contributed by atoms with Crippen molar-refractivity contribution in [2.45, 2.75) is 12.7 Å². The third-order valence-corrected chi connectivity index (χ3v) is 5.03. The minimum atomic E-state index is -4.67. The SMILES string of the molecule is CS(=O)(=O)N1CCN(Cc2cc([N+](=O)[O-])cc(C(F)(F)F)c2)CC1. The van der Waals surface area contributed by atoms with Crippen LogP contribution in [0.4, 0.5) is 18.9 Å². The van der Waals surface area contributed by atoms with Gasteiger partial charge >= 0.3 is 6.18 Å². The Bertz CT molecular complexity index is 728. The van der Waals surface area contributed by atoms with E-state index in [-0.39, 0.29) is 25.2 Å². The molecule has 11 heteroatoms. The molecule has 0 spiro atoms. The topological polar surface area (TPSA) is 83.8 Å². The van der Waals surface area contributed by atoms with Gasteiger partial charge in [-0.2, -0.15) is 17.5 Å². The molecule has 1 heterocycles. The maximum atomic E-state index is 12.9. The molecular weight excluding hydrogens is 351 g/mol. The van der Waals surface area contributed by atoms with Crippen LogP contribution in [0.5, 0.6) is 0 Å². The molecule has 1 aliphatic rings. The number of benzene rings is 1. The molecule has 2 rings (SSSR count). The summed E-state index contributed by atoms with van der Waals surface area (Å²) in [4.78, 5) is 11.7. The van der Waals surface area contributed by atoms with Gasteiger partial charge in [0.15, 0.2) is 0 Å². The second-order valence-electron chi connectivity index (χ2n) is 5.58. The number of nitrogens with zero attached hydrogens (tertiary/aromatic N) is 3. The molecule has 1 aromatic rings. The van der Waals surface area contributed by atoms with Crippen LogP contribution in [0.2, 0.25) is 0 Å². The van der Waals surface area contributed by atoms with Crippen molar-refractivity contribution >= 4 is 15.7 Å². The normalized spacial score (nSPS) is 17.8. The van der Waals surface area contributed by atoms with Gasteiger partial charge in [0.05, 0.1) is 16.7 Å². The summed E-state index contributed by atoms with van der Waals surface area (Å²) in [5.41, 5.74) is -1.51. The molecule has 0 atom stereocenters. The molecule has 0 saturated carbocycles. The predicted octanol–water partition coefficient (Wildman–Crippen LogP) is 1.69. The first-order valence-corrected chi connectivity index (χ1v) is 8.84. The summed E-state index contributed by atoms with van der Waals surface area (Å²) in [6, 6.07) is 2.50. The number of hydrogen-bond donors (Lipinski definition) is 0. The van der Waals surface area contributed by atoms with Crippen molar-refractivity contribution in [3.63, 3.8) is 0 Å². The third-order valence-electron chi connectivity index (χ3n) is 3.72. The fourth-order valence-electron chi connectivity index (χ4n) is 2.51. The molecule has 1 saturated heterocycles. The maximum Gasteiger partial charge on any atom is 0.416 e. The van der Waals surface area contributed by atoms with Gasteiger partial charge in [-0.3, -0.25) is 15.0 Å². The quantitative estimate of drug-likeness (QED) is 0.597. The van der Waals surface area contributed by atoms with E-state index in [1.54, 1.807) is 4.90 Å². The zero-order chi connectivity index (χ0) is 18.1. The lowest BCUT2D eigenvalue weighted by Crippen LogP contribution is -2.47. The summed E-state index contributed by atoms with van der Waals surface area (Å²) in [6.07, 6.45) is -3.57. The van der Waals surface area contributed by atoms with Crippen molar-refractivity contribution in [2.75, 3.05) is 32.4 Å². The molecule has 7 nitrogen and oxygen atoms in total. The Hall–Kier alpha value is -1.72. The molecule has 134 valence electrons. The largest absolute Gasteiger partial charge is 0.416 e. The molecule has 0 amide bonds. The number of rotatable bonds is 4. The number of nitro benzene ring substituents is 1. The Morgan fingerprint density at radius 3 is 2.21 bits per heavy atom. The van der Waals surface area contributed by atoms with E-state index in [2.05, 4.69) is 0 Å². The number of sulfonamides is 1. The maximum absolute atomic E-state index is 12.9. The smallest absolute Gasteiger partial charge is 0.296 e. The van der Waals surface area contributed by atoms with Gasteiger partial charge in [-0.1, -0.05) is 0 Å². The highest BCUT2D eigenvalue weighted by atomic mass is 32.2. The Labute approximate surface area is 136 Å². The van der Waals surface area contributed by atoms with E-state index < -0.39 is 32.4 Å². The standard InChI is InChI=1S/C13H16F3N3O4S/c1-24(22,23)18-4-2-17(3-5-18)9-10-6-11(13(14,15)16)8-12(7-10)19(20)21/h6-8H,2-5,9H2,1H3. The van der Waals surface area contributed by atoms with E-state index in [0.717, 1.165) is 18.4 Å². The molecule has 24 heavy (non-hydrogen) atoms. The fraction of sp³-hybridized carbons (Fsp3) is 0.538. The van der Waals surface area contributed by atoms with E-state index in [0.29, 0.717) is 19.2 Å². The van der Waals surface area contributed by atoms with Crippen LogP contribution in [-0.4, -0.2) is 55.0 Å². The monoisotopic (exact) mass is 367 g/mol. The highest BCUT2D eigenvalue weighted by Crippen LogP contribution is 2.33. The van der Waals surface area contributed by atoms with Gasteiger partial charge < -0.3 is 0 Å². The van der Waals surface area contributed by atoms with Crippen LogP contribution in [0.3, 0.4) is 0 Å². The molecule has 0 aromatic heterocycles. The van der Waals surface area contributed by atoms with Gasteiger partial charge in [-0.15, -0.1) is 0 Å². The minimum Gasteiger partial charge on any atom is -0.296 e. The van der Waals surface area contributed by atoms with Crippen LogP contribution in [0, 0.1) is 10.1 Å². The van der Waals surface area contributed by atoms with Gasteiger partial charge in [0, 0.05) is 44.9 Å². The zero-order valence-electron chi connectivity index (χ0n) is 12.8. The molecule has 0 bridgehead atoms. The first kappa shape index (κ1) is 18.6. The summed E-state index contributed by atoms with van der Waals surface area (Å²) in [5.74, 6) is 0. The number of nitro groups is 1. The van der Waals surface area contributed by atoms with Crippen molar-refractivity contribution in [1.29, 1.82) is 0 Å². The Balaban J connectivity index is 2.15. The minimum absolute atomic E-state index is 0.0857. The van der Waals surface area contributed by atoms with Gasteiger partial charge in [0.2, 0.25) is 10.0 Å². The first-order chi connectivity index (χ1) is 11.0. The van der Waals surface area contributed by atoms with Crippen LogP contribution in [0.25, 0.3) is 0 Å². The highest BCUT2D eigenvalue weighted by Gasteiger charge is 2.33. The van der Waals surface area contributed by atoms with Crippen LogP contribution >= 0.6 is 0 Å². The van der Waals surface area contributed by atoms with Gasteiger partial charge in [-0.25, -0.2) is 8.42 Å². The number of alkyl halides is 3. The number of non-ortho nitro benzene ring substituents is 1. The summed E-state index contributed by atoms with van der Waals surface area (Å²) >= 11 is 0. The zero-order valence-corrected chi connectivity index (χ0v) is 13.6. The van der Waals surface area contributed by atoms with E-state index in [9.17, 15) is 31.7 Å². The summed E-state index contributed by atoms with van der Waals surface area (Å²) in [5, 5.41) is 10.8. The van der Waals surface area contributed by atoms with E-state index >= 15 is 0 Å². The number of piperazine rings is 1. The van der Waals surface area contributed by atoms with Crippen LogP contribution in [0.1, 0.15) is 11.1 Å². The van der Waals surface area contributed by atoms with Gasteiger partial charge in [0.25, 0.3) is 5.69 Å². The van der Waals surface area contributed by atoms with Crippen molar-refractivity contribution in [3.8, 4) is 0 Å². The lowest BCUT2D eigenvalue weighted by molar-refractivity contribution is -0.385. The van der Waals surface area contributed by atoms with E-state index in [1.165, 1.54) is 4.31 Å². The highest BCUT2D eigenvalue weighted by molar-refractivity contribution is 7.88. The Morgan fingerprint density at radius 1 is 1.17 bits per heavy atom. The van der Waals surface area contributed by atoms with Crippen molar-refractivity contribution in [1.82, 2.24) is 9.21 Å². The third kappa shape index (κ3) is 4.65. The molecule has 1 aromatic carbocycles. The first-order valence-electron chi connectivity index (χ1n) is 7.00. The molecule has 0 radical (unpaired) electrons. The second kappa shape index (κ2) is 6.65. The van der Waals surface area contributed by atoms with Crippen molar-refractivity contribution in [2.24, 2.45) is 0 Å². The predicted molar refractivity (Wildman–Crippen MR) is 79.8 cm³/mol. The van der Waals surface area contributed by atoms with E-state index in [1.807, 2.05) is 0 Å². The molecule has 0 aliphatic carbocycles. The van der Waals surface area contributed by atoms with Gasteiger partial charge in [0.1, 0.15) is 0 Å². The van der Waals surface area contributed by atoms with Crippen molar-refractivity contribution < 1.29 is 26.5 Å². The number of hydrogen-bond acceptors (Lipinski definition) is 5. The molecular formula is C13H16F3N3O4S. The molecule has 1 aliphatic heterocycles. The lowest BCUT2D eigenvalue weighted by Gasteiger charge is -2.33. The van der Waals surface area contributed by atoms with Crippen LogP contribution in [-0.2, 0) is 22.7 Å². The summed E-state index contributed by atoms with van der Waals surface area (Å²) in [7, 11) is -3.30. The fourth-order valence-corrected chi connectivity index (χ4v) is 3.34. The van der Waals surface area contributed by atoms with Gasteiger partial charge in [-0.05, 0) is 11.6 Å². The number of halogens is 3. The summed E-state index contributed by atoms with van der Waals surface area (Å²) < 4.78 is 62.7. The Kier molecular flexibility index (Phi) is 5.16. The molecule has 0 unspecified atom stereocenters. The van der Waals surface area contributed by atoms with Crippen LogP contribution < -0.4 is 0 Å². The lowest BCUT2D eigenvalue weighted by atomic mass is 10.1. The average molecular weight is 367 g/mol. The van der Waals surface area contributed by atoms with E-state index in [4.69, 9.17) is 0 Å².